The minimum Gasteiger partial charge on any atom is -0.466 e. The maximum Gasteiger partial charge on any atom is 0.436 e. The minimum atomic E-state index is -6.29. The Kier molecular flexibility index (Phi) is 6.39. The fraction of sp³-hybridized carbons (Fsp3) is 0.923. The highest BCUT2D eigenvalue weighted by Crippen LogP contribution is 2.54. The maximum absolute atomic E-state index is 14.4. The van der Waals surface area contributed by atoms with Crippen LogP contribution in [0.4, 0.5) is 43.9 Å². The summed E-state index contributed by atoms with van der Waals surface area (Å²) in [5, 5.41) is 0. The molecular weight excluding hydrogens is 394 g/mol. The van der Waals surface area contributed by atoms with Crippen molar-refractivity contribution in [1.29, 1.82) is 0 Å². The lowest BCUT2D eigenvalue weighted by Crippen LogP contribution is -2.69. The Morgan fingerprint density at radius 1 is 0.808 bits per heavy atom. The summed E-state index contributed by atoms with van der Waals surface area (Å²) in [5.41, 5.74) is -14.8. The van der Waals surface area contributed by atoms with Gasteiger partial charge in [0.2, 0.25) is 0 Å². The molecule has 0 amide bonds. The summed E-state index contributed by atoms with van der Waals surface area (Å²) >= 11 is 0. The molecule has 26 heavy (non-hydrogen) atoms. The molecule has 0 aliphatic heterocycles. The van der Waals surface area contributed by atoms with Crippen LogP contribution < -0.4 is 0 Å². The van der Waals surface area contributed by atoms with Crippen LogP contribution >= 0.6 is 0 Å². The SMILES string of the molecule is COC(=O)C(F)(C(F)(F)F)C(C)(C)OC(F)(F)C(F)(C(C)C)C(F)(F)F. The number of hydrogen-bond donors (Lipinski definition) is 0. The molecule has 0 radical (unpaired) electrons. The molecule has 2 unspecified atom stereocenters. The van der Waals surface area contributed by atoms with Gasteiger partial charge in [0.1, 0.15) is 5.60 Å². The van der Waals surface area contributed by atoms with Crippen LogP contribution in [0.1, 0.15) is 27.7 Å². The van der Waals surface area contributed by atoms with Gasteiger partial charge in [-0.15, -0.1) is 0 Å². The second-order valence-corrected chi connectivity index (χ2v) is 6.14. The number of halogens is 10. The first-order chi connectivity index (χ1) is 11.1. The topological polar surface area (TPSA) is 35.5 Å². The Balaban J connectivity index is 6.38. The average Bonchev–Trinajstić information content (AvgIpc) is 2.40. The molecule has 0 aromatic heterocycles. The smallest absolute Gasteiger partial charge is 0.436 e. The van der Waals surface area contributed by atoms with Crippen molar-refractivity contribution in [3.8, 4) is 0 Å². The van der Waals surface area contributed by atoms with Crippen molar-refractivity contribution in [1.82, 2.24) is 0 Å². The van der Waals surface area contributed by atoms with Crippen LogP contribution in [0.5, 0.6) is 0 Å². The summed E-state index contributed by atoms with van der Waals surface area (Å²) < 4.78 is 141. The summed E-state index contributed by atoms with van der Waals surface area (Å²) in [6.07, 6.45) is -18.5. The van der Waals surface area contributed by atoms with Gasteiger partial charge in [-0.25, -0.2) is 13.6 Å². The van der Waals surface area contributed by atoms with Crippen molar-refractivity contribution < 1.29 is 58.2 Å². The molecular formula is C13H16F10O3. The molecule has 0 spiro atoms. The molecule has 0 aromatic carbocycles. The zero-order valence-corrected chi connectivity index (χ0v) is 14.1. The normalized spacial score (nSPS) is 19.1. The number of esters is 1. The van der Waals surface area contributed by atoms with E-state index < -0.39 is 47.3 Å². The van der Waals surface area contributed by atoms with Gasteiger partial charge in [0.15, 0.2) is 0 Å². The molecule has 2 atom stereocenters. The fourth-order valence-electron chi connectivity index (χ4n) is 2.14. The first-order valence-electron chi connectivity index (χ1n) is 6.81. The summed E-state index contributed by atoms with van der Waals surface area (Å²) in [7, 11) is 0.278. The Morgan fingerprint density at radius 3 is 1.42 bits per heavy atom. The molecule has 13 heteroatoms. The summed E-state index contributed by atoms with van der Waals surface area (Å²) in [5.74, 6) is -5.29. The predicted octanol–water partition coefficient (Wildman–Crippen LogP) is 4.74. The van der Waals surface area contributed by atoms with E-state index in [1.54, 1.807) is 0 Å². The van der Waals surface area contributed by atoms with E-state index in [0.29, 0.717) is 13.8 Å². The average molecular weight is 410 g/mol. The van der Waals surface area contributed by atoms with Gasteiger partial charge in [0.05, 0.1) is 7.11 Å². The van der Waals surface area contributed by atoms with E-state index in [0.717, 1.165) is 0 Å². The van der Waals surface area contributed by atoms with E-state index in [1.165, 1.54) is 0 Å². The number of carbonyl (C=O) groups is 1. The van der Waals surface area contributed by atoms with Crippen LogP contribution in [0.2, 0.25) is 0 Å². The monoisotopic (exact) mass is 410 g/mol. The van der Waals surface area contributed by atoms with Crippen LogP contribution in [0.15, 0.2) is 0 Å². The third kappa shape index (κ3) is 3.58. The number of alkyl halides is 10. The Morgan fingerprint density at radius 2 is 1.19 bits per heavy atom. The number of hydrogen-bond acceptors (Lipinski definition) is 3. The molecule has 0 aliphatic carbocycles. The first kappa shape index (κ1) is 24.7. The van der Waals surface area contributed by atoms with Crippen molar-refractivity contribution in [3.05, 3.63) is 0 Å². The van der Waals surface area contributed by atoms with E-state index in [2.05, 4.69) is 9.47 Å². The van der Waals surface area contributed by atoms with E-state index in [4.69, 9.17) is 0 Å². The number of rotatable bonds is 6. The van der Waals surface area contributed by atoms with E-state index in [1.807, 2.05) is 0 Å². The van der Waals surface area contributed by atoms with Crippen molar-refractivity contribution >= 4 is 5.97 Å². The van der Waals surface area contributed by atoms with Gasteiger partial charge in [0.25, 0.3) is 5.67 Å². The van der Waals surface area contributed by atoms with Gasteiger partial charge in [-0.1, -0.05) is 13.8 Å². The minimum absolute atomic E-state index is 0.0809. The van der Waals surface area contributed by atoms with Crippen LogP contribution in [0.25, 0.3) is 0 Å². The molecule has 0 saturated carbocycles. The molecule has 156 valence electrons. The molecule has 0 heterocycles. The second kappa shape index (κ2) is 6.71. The van der Waals surface area contributed by atoms with Crippen molar-refractivity contribution in [2.75, 3.05) is 7.11 Å². The van der Waals surface area contributed by atoms with Gasteiger partial charge in [-0.3, -0.25) is 0 Å². The van der Waals surface area contributed by atoms with E-state index >= 15 is 0 Å². The van der Waals surface area contributed by atoms with Gasteiger partial charge in [-0.05, 0) is 13.8 Å². The Hall–Kier alpha value is -1.27. The maximum atomic E-state index is 14.4. The highest BCUT2D eigenvalue weighted by Gasteiger charge is 2.79. The van der Waals surface area contributed by atoms with Gasteiger partial charge >= 0.3 is 30.1 Å². The second-order valence-electron chi connectivity index (χ2n) is 6.14. The molecule has 0 N–H and O–H groups in total. The zero-order chi connectivity index (χ0) is 21.6. The zero-order valence-electron chi connectivity index (χ0n) is 14.1. The van der Waals surface area contributed by atoms with Crippen LogP contribution in [0, 0.1) is 5.92 Å². The van der Waals surface area contributed by atoms with E-state index in [-0.39, 0.29) is 21.0 Å². The highest BCUT2D eigenvalue weighted by atomic mass is 19.4. The summed E-state index contributed by atoms with van der Waals surface area (Å²) in [6, 6.07) is 0. The summed E-state index contributed by atoms with van der Waals surface area (Å²) in [6.45, 7) is 0.569. The van der Waals surface area contributed by atoms with Gasteiger partial charge in [0, 0.05) is 5.92 Å². The number of carbonyl (C=O) groups excluding carboxylic acids is 1. The summed E-state index contributed by atoms with van der Waals surface area (Å²) in [4.78, 5) is 11.2. The molecule has 0 bridgehead atoms. The van der Waals surface area contributed by atoms with Crippen molar-refractivity contribution in [2.24, 2.45) is 5.92 Å². The first-order valence-corrected chi connectivity index (χ1v) is 6.81. The quantitative estimate of drug-likeness (QED) is 0.469. The van der Waals surface area contributed by atoms with Crippen molar-refractivity contribution in [3.63, 3.8) is 0 Å². The van der Waals surface area contributed by atoms with Gasteiger partial charge in [-0.2, -0.15) is 35.1 Å². The third-order valence-corrected chi connectivity index (χ3v) is 3.70. The highest BCUT2D eigenvalue weighted by molar-refractivity contribution is 5.82. The Labute approximate surface area is 141 Å². The predicted molar refractivity (Wildman–Crippen MR) is 66.8 cm³/mol. The standard InChI is InChI=1S/C13H16F10O3/c1-6(2)9(14,11(16,17)18)13(22,23)26-8(3,4)10(15,7(24)25-5)12(19,20)21/h6H,1-5H3. The molecule has 3 nitrogen and oxygen atoms in total. The Bertz CT molecular complexity index is 525. The van der Waals surface area contributed by atoms with Crippen LogP contribution in [0.3, 0.4) is 0 Å². The third-order valence-electron chi connectivity index (χ3n) is 3.70. The van der Waals surface area contributed by atoms with E-state index in [9.17, 15) is 48.7 Å². The molecule has 0 aliphatic rings. The lowest BCUT2D eigenvalue weighted by Gasteiger charge is -2.44. The molecule has 0 fully saturated rings. The molecule has 0 aromatic rings. The molecule has 0 saturated heterocycles. The number of ether oxygens (including phenoxy) is 2. The largest absolute Gasteiger partial charge is 0.466 e. The molecule has 0 rings (SSSR count). The lowest BCUT2D eigenvalue weighted by atomic mass is 9.85. The van der Waals surface area contributed by atoms with Crippen molar-refractivity contribution in [2.45, 2.75) is 63.1 Å². The van der Waals surface area contributed by atoms with Gasteiger partial charge < -0.3 is 9.47 Å². The van der Waals surface area contributed by atoms with Crippen LogP contribution in [-0.2, 0) is 14.3 Å². The number of methoxy groups -OCH3 is 1. The lowest BCUT2D eigenvalue weighted by molar-refractivity contribution is -0.429. The fourth-order valence-corrected chi connectivity index (χ4v) is 2.14. The van der Waals surface area contributed by atoms with Crippen LogP contribution in [-0.4, -0.2) is 48.5 Å².